The van der Waals surface area contributed by atoms with Crippen LogP contribution in [0.5, 0.6) is 5.75 Å². The number of hydrogen-bond acceptors (Lipinski definition) is 3. The van der Waals surface area contributed by atoms with Gasteiger partial charge in [0.1, 0.15) is 0 Å². The van der Waals surface area contributed by atoms with Crippen LogP contribution in [0.25, 0.3) is 0 Å². The van der Waals surface area contributed by atoms with Gasteiger partial charge in [-0.1, -0.05) is 51.9 Å². The van der Waals surface area contributed by atoms with Crippen LogP contribution >= 0.6 is 0 Å². The summed E-state index contributed by atoms with van der Waals surface area (Å²) in [4.78, 5) is 15.1. The van der Waals surface area contributed by atoms with Crippen molar-refractivity contribution in [2.75, 3.05) is 6.61 Å². The Kier molecular flexibility index (Phi) is 8.48. The molecule has 1 rings (SSSR count). The second-order valence-electron chi connectivity index (χ2n) is 5.43. The first-order valence-corrected chi connectivity index (χ1v) is 7.99. The van der Waals surface area contributed by atoms with Crippen molar-refractivity contribution < 1.29 is 14.6 Å². The monoisotopic (exact) mass is 293 g/mol. The van der Waals surface area contributed by atoms with E-state index < -0.39 is 5.97 Å². The molecule has 1 N–H and O–H groups in total. The molecule has 1 aromatic heterocycles. The molecule has 0 aliphatic rings. The molecular formula is C17H27NO3. The van der Waals surface area contributed by atoms with Gasteiger partial charge in [0.25, 0.3) is 0 Å². The Morgan fingerprint density at radius 2 is 1.71 bits per heavy atom. The number of pyridine rings is 1. The van der Waals surface area contributed by atoms with E-state index in [1.807, 2.05) is 0 Å². The lowest BCUT2D eigenvalue weighted by Gasteiger charge is -2.09. The molecule has 0 saturated heterocycles. The van der Waals surface area contributed by atoms with E-state index in [0.717, 1.165) is 12.8 Å². The van der Waals surface area contributed by atoms with Crippen molar-refractivity contribution in [3.8, 4) is 5.75 Å². The largest absolute Gasteiger partial charge is 0.491 e. The number of carboxylic acid groups (broad SMARTS) is 1. The minimum Gasteiger partial charge on any atom is -0.491 e. The van der Waals surface area contributed by atoms with Crippen LogP contribution in [0.1, 0.15) is 74.5 Å². The first-order chi connectivity index (χ1) is 10.1. The molecule has 0 aromatic carbocycles. The second-order valence-corrected chi connectivity index (χ2v) is 5.43. The zero-order valence-corrected chi connectivity index (χ0v) is 13.2. The van der Waals surface area contributed by atoms with Gasteiger partial charge in [-0.2, -0.15) is 0 Å². The normalized spacial score (nSPS) is 10.6. The van der Waals surface area contributed by atoms with E-state index in [9.17, 15) is 4.79 Å². The van der Waals surface area contributed by atoms with Gasteiger partial charge in [0.2, 0.25) is 0 Å². The van der Waals surface area contributed by atoms with E-state index in [2.05, 4.69) is 11.9 Å². The molecule has 4 heteroatoms. The Morgan fingerprint density at radius 3 is 2.33 bits per heavy atom. The maximum atomic E-state index is 11.1. The highest BCUT2D eigenvalue weighted by Crippen LogP contribution is 2.17. The Labute approximate surface area is 127 Å². The molecule has 0 bridgehead atoms. The molecule has 118 valence electrons. The number of aromatic carboxylic acids is 1. The third-order valence-electron chi connectivity index (χ3n) is 3.46. The quantitative estimate of drug-likeness (QED) is 0.605. The molecule has 0 amide bonds. The molecule has 1 heterocycles. The number of aromatic nitrogens is 1. The zero-order chi connectivity index (χ0) is 15.5. The van der Waals surface area contributed by atoms with Crippen LogP contribution < -0.4 is 4.74 Å². The van der Waals surface area contributed by atoms with Gasteiger partial charge in [-0.15, -0.1) is 0 Å². The average Bonchev–Trinajstić information content (AvgIpc) is 2.46. The molecule has 0 spiro atoms. The van der Waals surface area contributed by atoms with Crippen LogP contribution in [0.3, 0.4) is 0 Å². The molecular weight excluding hydrogens is 266 g/mol. The molecule has 0 fully saturated rings. The maximum absolute atomic E-state index is 11.1. The minimum atomic E-state index is -1.04. The number of hydrogen-bond donors (Lipinski definition) is 1. The highest BCUT2D eigenvalue weighted by molar-refractivity contribution is 5.88. The van der Waals surface area contributed by atoms with Gasteiger partial charge in [0.15, 0.2) is 11.4 Å². The van der Waals surface area contributed by atoms with Gasteiger partial charge >= 0.3 is 5.97 Å². The Bertz CT molecular complexity index is 432. The summed E-state index contributed by atoms with van der Waals surface area (Å²) in [6, 6.07) is 3.46. The molecule has 4 nitrogen and oxygen atoms in total. The van der Waals surface area contributed by atoms with Crippen molar-refractivity contribution in [3.05, 3.63) is 23.5 Å². The van der Waals surface area contributed by atoms with Gasteiger partial charge in [-0.05, 0) is 25.5 Å². The van der Waals surface area contributed by atoms with Crippen molar-refractivity contribution in [3.63, 3.8) is 0 Å². The number of carbonyl (C=O) groups is 1. The van der Waals surface area contributed by atoms with Crippen LogP contribution in [0.2, 0.25) is 0 Å². The molecule has 0 unspecified atom stereocenters. The molecule has 0 saturated carbocycles. The fraction of sp³-hybridized carbons (Fsp3) is 0.647. The van der Waals surface area contributed by atoms with Gasteiger partial charge in [-0.3, -0.25) is 0 Å². The molecule has 0 aliphatic carbocycles. The predicted octanol–water partition coefficient (Wildman–Crippen LogP) is 4.61. The zero-order valence-electron chi connectivity index (χ0n) is 13.2. The van der Waals surface area contributed by atoms with Crippen LogP contribution in [-0.2, 0) is 0 Å². The van der Waals surface area contributed by atoms with Crippen molar-refractivity contribution >= 4 is 5.97 Å². The average molecular weight is 293 g/mol. The van der Waals surface area contributed by atoms with Crippen molar-refractivity contribution in [2.45, 2.75) is 65.2 Å². The second kappa shape index (κ2) is 10.2. The lowest BCUT2D eigenvalue weighted by molar-refractivity contribution is 0.0685. The maximum Gasteiger partial charge on any atom is 0.358 e. The topological polar surface area (TPSA) is 59.4 Å². The fourth-order valence-electron chi connectivity index (χ4n) is 2.23. The summed E-state index contributed by atoms with van der Waals surface area (Å²) in [5.41, 5.74) is 0.696. The van der Waals surface area contributed by atoms with Gasteiger partial charge in [0, 0.05) is 5.69 Å². The smallest absolute Gasteiger partial charge is 0.358 e. The van der Waals surface area contributed by atoms with E-state index in [-0.39, 0.29) is 5.69 Å². The standard InChI is InChI=1S/C17H27NO3/c1-3-4-5-6-7-8-9-10-13-21-15-12-11-14(2)18-16(15)17(19)20/h11-12H,3-10,13H2,1-2H3,(H,19,20). The highest BCUT2D eigenvalue weighted by Gasteiger charge is 2.13. The van der Waals surface area contributed by atoms with Gasteiger partial charge in [0.05, 0.1) is 6.61 Å². The highest BCUT2D eigenvalue weighted by atomic mass is 16.5. The van der Waals surface area contributed by atoms with Gasteiger partial charge < -0.3 is 9.84 Å². The van der Waals surface area contributed by atoms with E-state index >= 15 is 0 Å². The molecule has 0 radical (unpaired) electrons. The summed E-state index contributed by atoms with van der Waals surface area (Å²) < 4.78 is 5.56. The SMILES string of the molecule is CCCCCCCCCCOc1ccc(C)nc1C(=O)O. The van der Waals surface area contributed by atoms with Gasteiger partial charge in [-0.25, -0.2) is 9.78 Å². The van der Waals surface area contributed by atoms with Crippen LogP contribution in [0, 0.1) is 6.92 Å². The summed E-state index contributed by atoms with van der Waals surface area (Å²) in [6.45, 7) is 4.55. The summed E-state index contributed by atoms with van der Waals surface area (Å²) in [6.07, 6.45) is 9.88. The number of unbranched alkanes of at least 4 members (excludes halogenated alkanes) is 7. The van der Waals surface area contributed by atoms with Crippen molar-refractivity contribution in [1.29, 1.82) is 0 Å². The lowest BCUT2D eigenvalue weighted by Crippen LogP contribution is -2.07. The first-order valence-electron chi connectivity index (χ1n) is 7.99. The number of nitrogens with zero attached hydrogens (tertiary/aromatic N) is 1. The minimum absolute atomic E-state index is 0.00886. The van der Waals surface area contributed by atoms with E-state index in [0.29, 0.717) is 18.1 Å². The van der Waals surface area contributed by atoms with Crippen LogP contribution in [-0.4, -0.2) is 22.7 Å². The third kappa shape index (κ3) is 7.11. The van der Waals surface area contributed by atoms with E-state index in [4.69, 9.17) is 9.84 Å². The first kappa shape index (κ1) is 17.5. The Morgan fingerprint density at radius 1 is 1.10 bits per heavy atom. The summed E-state index contributed by atoms with van der Waals surface area (Å²) in [5, 5.41) is 9.09. The van der Waals surface area contributed by atoms with E-state index in [1.54, 1.807) is 19.1 Å². The third-order valence-corrected chi connectivity index (χ3v) is 3.46. The summed E-state index contributed by atoms with van der Waals surface area (Å²) >= 11 is 0. The number of aryl methyl sites for hydroxylation is 1. The molecule has 21 heavy (non-hydrogen) atoms. The number of carboxylic acids is 1. The lowest BCUT2D eigenvalue weighted by atomic mass is 10.1. The molecule has 1 aromatic rings. The number of rotatable bonds is 11. The Hall–Kier alpha value is -1.58. The fourth-order valence-corrected chi connectivity index (χ4v) is 2.23. The summed E-state index contributed by atoms with van der Waals surface area (Å²) in [7, 11) is 0. The molecule has 0 atom stereocenters. The van der Waals surface area contributed by atoms with Crippen LogP contribution in [0.15, 0.2) is 12.1 Å². The summed E-state index contributed by atoms with van der Waals surface area (Å²) in [5.74, 6) is -0.666. The molecule has 0 aliphatic heterocycles. The van der Waals surface area contributed by atoms with Crippen molar-refractivity contribution in [2.24, 2.45) is 0 Å². The van der Waals surface area contributed by atoms with E-state index in [1.165, 1.54) is 38.5 Å². The van der Waals surface area contributed by atoms with Crippen LogP contribution in [0.4, 0.5) is 0 Å². The number of ether oxygens (including phenoxy) is 1. The Balaban J connectivity index is 2.20. The predicted molar refractivity (Wildman–Crippen MR) is 84.0 cm³/mol. The van der Waals surface area contributed by atoms with Crippen molar-refractivity contribution in [1.82, 2.24) is 4.98 Å².